The van der Waals surface area contributed by atoms with E-state index in [0.717, 1.165) is 54.8 Å². The van der Waals surface area contributed by atoms with E-state index in [1.54, 1.807) is 18.3 Å². The number of thiazole rings is 1. The zero-order valence-corrected chi connectivity index (χ0v) is 19.5. The number of carbonyl (C=O) groups is 3. The quantitative estimate of drug-likeness (QED) is 0.541. The minimum atomic E-state index is -0.676. The molecular formula is C24H31N3O4S. The van der Waals surface area contributed by atoms with Crippen LogP contribution in [0.5, 0.6) is 0 Å². The first-order valence-electron chi connectivity index (χ1n) is 11.2. The van der Waals surface area contributed by atoms with E-state index in [4.69, 9.17) is 4.74 Å². The van der Waals surface area contributed by atoms with E-state index in [2.05, 4.69) is 15.6 Å². The van der Waals surface area contributed by atoms with Gasteiger partial charge in [-0.05, 0) is 57.1 Å². The number of ether oxygens (including phenoxy) is 1. The van der Waals surface area contributed by atoms with Gasteiger partial charge in [-0.3, -0.25) is 14.9 Å². The normalized spacial score (nSPS) is 18.4. The minimum Gasteiger partial charge on any atom is -0.450 e. The van der Waals surface area contributed by atoms with Gasteiger partial charge in [0.05, 0.1) is 11.6 Å². The van der Waals surface area contributed by atoms with E-state index in [1.165, 1.54) is 0 Å². The Hall–Kier alpha value is -2.74. The van der Waals surface area contributed by atoms with Gasteiger partial charge in [-0.15, -0.1) is 11.3 Å². The Kier molecular flexibility index (Phi) is 8.79. The van der Waals surface area contributed by atoms with Crippen LogP contribution in [0, 0.1) is 12.8 Å². The second kappa shape index (κ2) is 11.8. The van der Waals surface area contributed by atoms with Gasteiger partial charge in [-0.1, -0.05) is 31.0 Å². The number of nitrogens with zero attached hydrogens (tertiary/aromatic N) is 1. The van der Waals surface area contributed by atoms with Crippen LogP contribution in [0.2, 0.25) is 0 Å². The Balaban J connectivity index is 1.49. The lowest BCUT2D eigenvalue weighted by Gasteiger charge is -2.14. The molecule has 1 heterocycles. The summed E-state index contributed by atoms with van der Waals surface area (Å²) in [5.74, 6) is 0.337. The lowest BCUT2D eigenvalue weighted by Crippen LogP contribution is -2.31. The van der Waals surface area contributed by atoms with Crippen LogP contribution in [0.4, 0.5) is 10.5 Å². The standard InChI is InChI=1S/C24H31N3O4S/c1-3-31-24(30)27-21(28)14-12-17-8-6-9-18(13-11-17)23-26-20(15-32-23)22(29)25-19-10-5-4-7-16(19)2/h4-5,7,10,15,17-18H,3,6,8-9,11-14H2,1-2H3,(H,25,29)(H,27,28,30). The first-order chi connectivity index (χ1) is 15.5. The van der Waals surface area contributed by atoms with Gasteiger partial charge < -0.3 is 10.1 Å². The van der Waals surface area contributed by atoms with Gasteiger partial charge in [-0.2, -0.15) is 0 Å². The van der Waals surface area contributed by atoms with Crippen molar-refractivity contribution in [2.45, 2.75) is 64.7 Å². The number of anilines is 1. The molecule has 1 fully saturated rings. The van der Waals surface area contributed by atoms with Crippen LogP contribution in [-0.4, -0.2) is 29.5 Å². The van der Waals surface area contributed by atoms with Crippen molar-refractivity contribution in [1.29, 1.82) is 0 Å². The van der Waals surface area contributed by atoms with Gasteiger partial charge in [0.25, 0.3) is 5.91 Å². The molecule has 8 heteroatoms. The van der Waals surface area contributed by atoms with Crippen molar-refractivity contribution in [1.82, 2.24) is 10.3 Å². The molecule has 1 aliphatic carbocycles. The Morgan fingerprint density at radius 1 is 1.16 bits per heavy atom. The summed E-state index contributed by atoms with van der Waals surface area (Å²) in [7, 11) is 0. The molecule has 2 aromatic rings. The number of rotatable bonds is 7. The summed E-state index contributed by atoms with van der Waals surface area (Å²) < 4.78 is 4.74. The molecule has 2 atom stereocenters. The average molecular weight is 458 g/mol. The van der Waals surface area contributed by atoms with E-state index in [9.17, 15) is 14.4 Å². The predicted octanol–water partition coefficient (Wildman–Crippen LogP) is 5.42. The van der Waals surface area contributed by atoms with Crippen LogP contribution in [-0.2, 0) is 9.53 Å². The largest absolute Gasteiger partial charge is 0.450 e. The molecule has 1 aromatic heterocycles. The van der Waals surface area contributed by atoms with E-state index in [-0.39, 0.29) is 18.4 Å². The molecule has 3 amide bonds. The molecule has 0 spiro atoms. The van der Waals surface area contributed by atoms with E-state index in [1.807, 2.05) is 36.6 Å². The molecule has 2 unspecified atom stereocenters. The fourth-order valence-corrected chi connectivity index (χ4v) is 5.04. The molecular weight excluding hydrogens is 426 g/mol. The molecule has 0 bridgehead atoms. The van der Waals surface area contributed by atoms with E-state index < -0.39 is 6.09 Å². The lowest BCUT2D eigenvalue weighted by molar-refractivity contribution is -0.120. The molecule has 7 nitrogen and oxygen atoms in total. The van der Waals surface area contributed by atoms with Crippen molar-refractivity contribution in [3.63, 3.8) is 0 Å². The zero-order valence-electron chi connectivity index (χ0n) is 18.7. The fourth-order valence-electron chi connectivity index (χ4n) is 4.07. The van der Waals surface area contributed by atoms with Crippen molar-refractivity contribution in [3.8, 4) is 0 Å². The number of alkyl carbamates (subject to hydrolysis) is 1. The van der Waals surface area contributed by atoms with Crippen LogP contribution in [0.1, 0.15) is 78.8 Å². The number of aromatic nitrogens is 1. The van der Waals surface area contributed by atoms with Gasteiger partial charge in [0.2, 0.25) is 5.91 Å². The number of hydrogen-bond acceptors (Lipinski definition) is 6. The maximum atomic E-state index is 12.6. The van der Waals surface area contributed by atoms with Gasteiger partial charge in [-0.25, -0.2) is 9.78 Å². The van der Waals surface area contributed by atoms with Gasteiger partial charge >= 0.3 is 6.09 Å². The van der Waals surface area contributed by atoms with Gasteiger partial charge in [0.15, 0.2) is 0 Å². The molecule has 0 saturated heterocycles. The smallest absolute Gasteiger partial charge is 0.413 e. The third kappa shape index (κ3) is 6.88. The number of carbonyl (C=O) groups excluding carboxylic acids is 3. The number of hydrogen-bond donors (Lipinski definition) is 2. The fraction of sp³-hybridized carbons (Fsp3) is 0.500. The first kappa shape index (κ1) is 23.9. The summed E-state index contributed by atoms with van der Waals surface area (Å²) in [6.45, 7) is 3.91. The number of aryl methyl sites for hydroxylation is 1. The summed E-state index contributed by atoms with van der Waals surface area (Å²) in [6, 6.07) is 7.69. The Morgan fingerprint density at radius 2 is 1.97 bits per heavy atom. The highest BCUT2D eigenvalue weighted by molar-refractivity contribution is 7.09. The third-order valence-electron chi connectivity index (χ3n) is 5.88. The van der Waals surface area contributed by atoms with Crippen LogP contribution >= 0.6 is 11.3 Å². The van der Waals surface area contributed by atoms with Crippen molar-refractivity contribution in [2.24, 2.45) is 5.92 Å². The number of benzene rings is 1. The highest BCUT2D eigenvalue weighted by Crippen LogP contribution is 2.37. The van der Waals surface area contributed by atoms with Crippen molar-refractivity contribution < 1.29 is 19.1 Å². The maximum Gasteiger partial charge on any atom is 0.413 e. The zero-order chi connectivity index (χ0) is 22.9. The Labute approximate surface area is 193 Å². The molecule has 32 heavy (non-hydrogen) atoms. The van der Waals surface area contributed by atoms with Crippen molar-refractivity contribution in [3.05, 3.63) is 45.9 Å². The lowest BCUT2D eigenvalue weighted by atomic mass is 9.94. The molecule has 2 N–H and O–H groups in total. The molecule has 0 aliphatic heterocycles. The van der Waals surface area contributed by atoms with Crippen LogP contribution in [0.25, 0.3) is 0 Å². The number of para-hydroxylation sites is 1. The van der Waals surface area contributed by atoms with Crippen molar-refractivity contribution >= 4 is 34.9 Å². The summed E-state index contributed by atoms with van der Waals surface area (Å²) in [5, 5.41) is 8.06. The summed E-state index contributed by atoms with van der Waals surface area (Å²) in [5.41, 5.74) is 2.28. The molecule has 1 aliphatic rings. The molecule has 1 aromatic carbocycles. The monoisotopic (exact) mass is 457 g/mol. The van der Waals surface area contributed by atoms with Crippen molar-refractivity contribution in [2.75, 3.05) is 11.9 Å². The minimum absolute atomic E-state index is 0.180. The van der Waals surface area contributed by atoms with Crippen LogP contribution in [0.15, 0.2) is 29.6 Å². The molecule has 3 rings (SSSR count). The first-order valence-corrected chi connectivity index (χ1v) is 12.1. The highest BCUT2D eigenvalue weighted by Gasteiger charge is 2.24. The van der Waals surface area contributed by atoms with Crippen LogP contribution < -0.4 is 10.6 Å². The third-order valence-corrected chi connectivity index (χ3v) is 6.89. The Bertz CT molecular complexity index is 943. The maximum absolute atomic E-state index is 12.6. The van der Waals surface area contributed by atoms with Gasteiger partial charge in [0.1, 0.15) is 5.69 Å². The number of nitrogens with one attached hydrogen (secondary N) is 2. The average Bonchev–Trinajstić information content (AvgIpc) is 3.14. The highest BCUT2D eigenvalue weighted by atomic mass is 32.1. The Morgan fingerprint density at radius 3 is 2.75 bits per heavy atom. The predicted molar refractivity (Wildman–Crippen MR) is 125 cm³/mol. The summed E-state index contributed by atoms with van der Waals surface area (Å²) in [4.78, 5) is 40.5. The molecule has 0 radical (unpaired) electrons. The number of imide groups is 1. The van der Waals surface area contributed by atoms with E-state index in [0.29, 0.717) is 24.0 Å². The summed E-state index contributed by atoms with van der Waals surface area (Å²) >= 11 is 1.55. The number of amides is 3. The SMILES string of the molecule is CCOC(=O)NC(=O)CCC1CCCC(c2nc(C(=O)Nc3ccccc3C)cs2)CC1. The second-order valence-electron chi connectivity index (χ2n) is 8.22. The van der Waals surface area contributed by atoms with Crippen LogP contribution in [0.3, 0.4) is 0 Å². The van der Waals surface area contributed by atoms with Gasteiger partial charge in [0, 0.05) is 23.4 Å². The second-order valence-corrected chi connectivity index (χ2v) is 9.11. The molecule has 1 saturated carbocycles. The van der Waals surface area contributed by atoms with E-state index >= 15 is 0 Å². The molecule has 172 valence electrons. The topological polar surface area (TPSA) is 97.4 Å². The summed E-state index contributed by atoms with van der Waals surface area (Å²) in [6.07, 6.45) is 5.60.